The van der Waals surface area contributed by atoms with Gasteiger partial charge in [-0.05, 0) is 55.0 Å². The molecule has 5 rings (SSSR count). The number of benzene rings is 1. The molecule has 2 N–H and O–H groups in total. The van der Waals surface area contributed by atoms with Gasteiger partial charge in [0.15, 0.2) is 0 Å². The van der Waals surface area contributed by atoms with Crippen LogP contribution in [0.15, 0.2) is 48.9 Å². The van der Waals surface area contributed by atoms with Crippen molar-refractivity contribution >= 4 is 28.7 Å². The van der Waals surface area contributed by atoms with Gasteiger partial charge in [0.2, 0.25) is 5.82 Å². The Kier molecular flexibility index (Phi) is 7.18. The third-order valence-corrected chi connectivity index (χ3v) is 6.32. The van der Waals surface area contributed by atoms with E-state index in [1.807, 2.05) is 32.2 Å². The van der Waals surface area contributed by atoms with Crippen LogP contribution in [0.5, 0.6) is 0 Å². The Balaban J connectivity index is 1.42. The van der Waals surface area contributed by atoms with E-state index >= 15 is 0 Å². The minimum Gasteiger partial charge on any atom is -0.389 e. The Morgan fingerprint density at radius 1 is 1.21 bits per heavy atom. The Bertz CT molecular complexity index is 1610. The zero-order valence-corrected chi connectivity index (χ0v) is 21.8. The second-order valence-electron chi connectivity index (χ2n) is 8.71. The first-order valence-corrected chi connectivity index (χ1v) is 12.3. The summed E-state index contributed by atoms with van der Waals surface area (Å²) in [7, 11) is 1.54. The molecule has 1 aromatic carbocycles. The van der Waals surface area contributed by atoms with E-state index in [0.717, 1.165) is 16.8 Å². The maximum atomic E-state index is 13.3. The predicted molar refractivity (Wildman–Crippen MR) is 141 cm³/mol. The number of hydrogen-bond acceptors (Lipinski definition) is 8. The number of carbonyl (C=O) groups is 1. The number of carbonyl (C=O) groups excluding carboxylic acids is 1. The monoisotopic (exact) mass is 535 g/mol. The fraction of sp³-hybridized carbons (Fsp3) is 0.280. The average molecular weight is 536 g/mol. The quantitative estimate of drug-likeness (QED) is 0.294. The van der Waals surface area contributed by atoms with E-state index in [1.54, 1.807) is 40.7 Å². The minimum atomic E-state index is -0.667. The van der Waals surface area contributed by atoms with Crippen molar-refractivity contribution in [3.05, 3.63) is 65.2 Å². The van der Waals surface area contributed by atoms with E-state index in [4.69, 9.17) is 16.3 Å². The van der Waals surface area contributed by atoms with Crippen LogP contribution in [0.4, 0.5) is 5.69 Å². The van der Waals surface area contributed by atoms with Crippen LogP contribution >= 0.6 is 11.6 Å². The lowest BCUT2D eigenvalue weighted by Gasteiger charge is -2.09. The summed E-state index contributed by atoms with van der Waals surface area (Å²) in [5, 5.41) is 34.5. The molecule has 0 unspecified atom stereocenters. The minimum absolute atomic E-state index is 0.219. The van der Waals surface area contributed by atoms with Crippen LogP contribution in [0, 0.1) is 6.92 Å². The fourth-order valence-electron chi connectivity index (χ4n) is 4.12. The van der Waals surface area contributed by atoms with Crippen molar-refractivity contribution in [1.82, 2.24) is 39.6 Å². The smallest absolute Gasteiger partial charge is 0.259 e. The first-order valence-electron chi connectivity index (χ1n) is 11.9. The number of rotatable bonds is 9. The topological polar surface area (TPSA) is 137 Å². The lowest BCUT2D eigenvalue weighted by molar-refractivity contribution is 0.0513. The normalized spacial score (nSPS) is 12.2. The van der Waals surface area contributed by atoms with Gasteiger partial charge >= 0.3 is 0 Å². The third-order valence-electron chi connectivity index (χ3n) is 5.99. The zero-order valence-electron chi connectivity index (χ0n) is 21.0. The van der Waals surface area contributed by atoms with Gasteiger partial charge in [0, 0.05) is 30.6 Å². The van der Waals surface area contributed by atoms with Crippen molar-refractivity contribution in [3.8, 4) is 22.5 Å². The van der Waals surface area contributed by atoms with Crippen molar-refractivity contribution in [1.29, 1.82) is 0 Å². The molecule has 4 aromatic heterocycles. The second-order valence-corrected chi connectivity index (χ2v) is 9.12. The molecule has 0 saturated carbocycles. The molecule has 0 aliphatic rings. The van der Waals surface area contributed by atoms with Crippen LogP contribution in [0.2, 0.25) is 5.02 Å². The van der Waals surface area contributed by atoms with Gasteiger partial charge in [0.1, 0.15) is 0 Å². The molecule has 0 aliphatic heterocycles. The van der Waals surface area contributed by atoms with Gasteiger partial charge in [-0.3, -0.25) is 9.48 Å². The predicted octanol–water partition coefficient (Wildman–Crippen LogP) is 3.09. The van der Waals surface area contributed by atoms with Gasteiger partial charge in [-0.2, -0.15) is 15.0 Å². The van der Waals surface area contributed by atoms with Crippen LogP contribution in [-0.2, 0) is 17.8 Å². The standard InChI is InChI=1S/C25H26ClN9O3/c1-4-35-31-24(29-32-35)17-5-6-21(26)22(9-17)28-25(37)19-11-27-34-8-7-16(10-23(19)34)20-13-33(30-15(20)2)12-18(36)14-38-3/h5-11,13,18,36H,4,12,14H2,1-3H3,(H,28,37)/t18-/m0/s1. The highest BCUT2D eigenvalue weighted by Crippen LogP contribution is 2.29. The van der Waals surface area contributed by atoms with Crippen molar-refractivity contribution in [2.75, 3.05) is 19.0 Å². The number of aryl methyl sites for hydroxylation is 2. The molecule has 1 amide bonds. The van der Waals surface area contributed by atoms with Crippen LogP contribution in [0.1, 0.15) is 23.0 Å². The number of tetrazole rings is 1. The highest BCUT2D eigenvalue weighted by Gasteiger charge is 2.18. The summed E-state index contributed by atoms with van der Waals surface area (Å²) in [6.07, 6.45) is 4.50. The first kappa shape index (κ1) is 25.5. The number of nitrogens with one attached hydrogen (secondary N) is 1. The molecular weight excluding hydrogens is 510 g/mol. The number of hydrogen-bond donors (Lipinski definition) is 2. The average Bonchev–Trinajstić information content (AvgIpc) is 3.63. The largest absolute Gasteiger partial charge is 0.389 e. The van der Waals surface area contributed by atoms with E-state index in [9.17, 15) is 9.90 Å². The van der Waals surface area contributed by atoms with Crippen LogP contribution < -0.4 is 5.32 Å². The molecule has 0 aliphatic carbocycles. The SMILES string of the molecule is CCn1nnc(-c2ccc(Cl)c(NC(=O)c3cnn4ccc(-c5cn(C[C@H](O)COC)nc5C)cc34)c2)n1. The second kappa shape index (κ2) is 10.7. The van der Waals surface area contributed by atoms with E-state index in [-0.39, 0.29) is 12.5 Å². The highest BCUT2D eigenvalue weighted by molar-refractivity contribution is 6.34. The summed E-state index contributed by atoms with van der Waals surface area (Å²) < 4.78 is 8.32. The lowest BCUT2D eigenvalue weighted by Crippen LogP contribution is -2.21. The van der Waals surface area contributed by atoms with E-state index in [1.165, 1.54) is 11.0 Å². The number of methoxy groups -OCH3 is 1. The summed E-state index contributed by atoms with van der Waals surface area (Å²) in [4.78, 5) is 14.8. The van der Waals surface area contributed by atoms with Gasteiger partial charge in [0.05, 0.1) is 59.5 Å². The number of halogens is 1. The number of aliphatic hydroxyl groups is 1. The number of aromatic nitrogens is 8. The molecule has 0 radical (unpaired) electrons. The van der Waals surface area contributed by atoms with E-state index in [2.05, 4.69) is 30.9 Å². The van der Waals surface area contributed by atoms with Crippen LogP contribution in [-0.4, -0.2) is 70.4 Å². The number of anilines is 1. The number of amides is 1. The van der Waals surface area contributed by atoms with Crippen LogP contribution in [0.25, 0.3) is 28.0 Å². The van der Waals surface area contributed by atoms with Crippen molar-refractivity contribution in [2.45, 2.75) is 33.0 Å². The molecule has 0 spiro atoms. The summed E-state index contributed by atoms with van der Waals surface area (Å²) in [5.74, 6) is 0.0711. The molecule has 38 heavy (non-hydrogen) atoms. The Hall–Kier alpha value is -4.13. The molecule has 1 atom stereocenters. The summed E-state index contributed by atoms with van der Waals surface area (Å²) >= 11 is 6.39. The first-order chi connectivity index (χ1) is 18.4. The van der Waals surface area contributed by atoms with Crippen molar-refractivity contribution in [3.63, 3.8) is 0 Å². The molecule has 0 fully saturated rings. The van der Waals surface area contributed by atoms with E-state index in [0.29, 0.717) is 46.3 Å². The number of ether oxygens (including phenoxy) is 1. The summed E-state index contributed by atoms with van der Waals surface area (Å²) in [5.41, 5.74) is 4.63. The van der Waals surface area contributed by atoms with Gasteiger partial charge in [-0.1, -0.05) is 11.6 Å². The fourth-order valence-corrected chi connectivity index (χ4v) is 4.29. The van der Waals surface area contributed by atoms with Crippen molar-refractivity contribution in [2.24, 2.45) is 0 Å². The number of nitrogens with zero attached hydrogens (tertiary/aromatic N) is 8. The molecule has 13 heteroatoms. The molecular formula is C25H26ClN9O3. The van der Waals surface area contributed by atoms with Gasteiger partial charge in [-0.15, -0.1) is 10.2 Å². The Morgan fingerprint density at radius 3 is 2.82 bits per heavy atom. The molecule has 0 bridgehead atoms. The number of aliphatic hydroxyl groups excluding tert-OH is 1. The molecule has 0 saturated heterocycles. The van der Waals surface area contributed by atoms with E-state index < -0.39 is 6.10 Å². The van der Waals surface area contributed by atoms with Crippen molar-refractivity contribution < 1.29 is 14.6 Å². The third kappa shape index (κ3) is 5.14. The van der Waals surface area contributed by atoms with Gasteiger partial charge in [-0.25, -0.2) is 4.52 Å². The van der Waals surface area contributed by atoms with Gasteiger partial charge in [0.25, 0.3) is 5.91 Å². The lowest BCUT2D eigenvalue weighted by atomic mass is 10.1. The van der Waals surface area contributed by atoms with Crippen LogP contribution in [0.3, 0.4) is 0 Å². The Labute approximate surface area is 222 Å². The van der Waals surface area contributed by atoms with Gasteiger partial charge < -0.3 is 15.2 Å². The maximum Gasteiger partial charge on any atom is 0.259 e. The zero-order chi connectivity index (χ0) is 26.8. The maximum absolute atomic E-state index is 13.3. The number of fused-ring (bicyclic) bond motifs is 1. The Morgan fingerprint density at radius 2 is 2.05 bits per heavy atom. The molecule has 12 nitrogen and oxygen atoms in total. The molecule has 4 heterocycles. The highest BCUT2D eigenvalue weighted by atomic mass is 35.5. The summed E-state index contributed by atoms with van der Waals surface area (Å²) in [6, 6.07) is 8.94. The summed E-state index contributed by atoms with van der Waals surface area (Å²) in [6.45, 7) is 4.93. The molecule has 5 aromatic rings. The molecule has 196 valence electrons. The number of pyridine rings is 1.